The van der Waals surface area contributed by atoms with Gasteiger partial charge in [-0.1, -0.05) is 32.0 Å². The molecule has 0 aromatic heterocycles. The molecular formula is C16H26FNO. The zero-order valence-electron chi connectivity index (χ0n) is 12.3. The number of nitrogens with one attached hydrogen (secondary N) is 1. The van der Waals surface area contributed by atoms with Gasteiger partial charge in [-0.2, -0.15) is 0 Å². The molecule has 108 valence electrons. The first-order chi connectivity index (χ1) is 9.13. The molecule has 1 aromatic carbocycles. The van der Waals surface area contributed by atoms with E-state index in [4.69, 9.17) is 4.74 Å². The molecule has 0 fully saturated rings. The lowest BCUT2D eigenvalue weighted by atomic mass is 9.96. The van der Waals surface area contributed by atoms with Crippen molar-refractivity contribution in [2.75, 3.05) is 19.8 Å². The average Bonchev–Trinajstić information content (AvgIpc) is 2.38. The highest BCUT2D eigenvalue weighted by atomic mass is 19.1. The molecule has 0 radical (unpaired) electrons. The zero-order chi connectivity index (χ0) is 14.1. The summed E-state index contributed by atoms with van der Waals surface area (Å²) < 4.78 is 19.1. The number of rotatable bonds is 9. The van der Waals surface area contributed by atoms with Crippen LogP contribution in [0, 0.1) is 11.7 Å². The number of hydrogen-bond acceptors (Lipinski definition) is 2. The van der Waals surface area contributed by atoms with Crippen molar-refractivity contribution in [1.29, 1.82) is 0 Å². The largest absolute Gasteiger partial charge is 0.382 e. The third kappa shape index (κ3) is 6.69. The van der Waals surface area contributed by atoms with Gasteiger partial charge in [0.1, 0.15) is 5.82 Å². The highest BCUT2D eigenvalue weighted by Gasteiger charge is 2.12. The summed E-state index contributed by atoms with van der Waals surface area (Å²) in [4.78, 5) is 0. The minimum atomic E-state index is -0.103. The monoisotopic (exact) mass is 267 g/mol. The van der Waals surface area contributed by atoms with Gasteiger partial charge in [-0.3, -0.25) is 0 Å². The van der Waals surface area contributed by atoms with Crippen LogP contribution in [0.4, 0.5) is 4.39 Å². The molecule has 1 atom stereocenters. The first-order valence-corrected chi connectivity index (χ1v) is 7.18. The van der Waals surface area contributed by atoms with Crippen molar-refractivity contribution in [3.8, 4) is 0 Å². The summed E-state index contributed by atoms with van der Waals surface area (Å²) in [6.07, 6.45) is 1.72. The topological polar surface area (TPSA) is 21.3 Å². The average molecular weight is 267 g/mol. The van der Waals surface area contributed by atoms with Crippen LogP contribution in [-0.2, 0) is 11.2 Å². The Labute approximate surface area is 116 Å². The normalized spacial score (nSPS) is 12.9. The molecule has 19 heavy (non-hydrogen) atoms. The van der Waals surface area contributed by atoms with Crippen molar-refractivity contribution in [1.82, 2.24) is 5.32 Å². The predicted molar refractivity (Wildman–Crippen MR) is 77.8 cm³/mol. The lowest BCUT2D eigenvalue weighted by Gasteiger charge is -2.19. The molecule has 0 aliphatic heterocycles. The molecule has 3 heteroatoms. The number of hydrogen-bond donors (Lipinski definition) is 1. The summed E-state index contributed by atoms with van der Waals surface area (Å²) in [7, 11) is 0. The molecular weight excluding hydrogens is 241 g/mol. The second kappa shape index (κ2) is 9.05. The Morgan fingerprint density at radius 2 is 2.00 bits per heavy atom. The van der Waals surface area contributed by atoms with E-state index in [9.17, 15) is 4.39 Å². The molecule has 0 aliphatic rings. The minimum absolute atomic E-state index is 0.103. The first kappa shape index (κ1) is 16.1. The molecule has 0 aliphatic carbocycles. The van der Waals surface area contributed by atoms with Gasteiger partial charge in [-0.15, -0.1) is 0 Å². The molecule has 0 amide bonds. The van der Waals surface area contributed by atoms with Gasteiger partial charge in [0.05, 0.1) is 0 Å². The predicted octanol–water partition coefficient (Wildman–Crippen LogP) is 3.41. The van der Waals surface area contributed by atoms with Gasteiger partial charge in [-0.25, -0.2) is 4.39 Å². The fourth-order valence-electron chi connectivity index (χ4n) is 2.05. The third-order valence-electron chi connectivity index (χ3n) is 3.16. The van der Waals surface area contributed by atoms with E-state index >= 15 is 0 Å². The third-order valence-corrected chi connectivity index (χ3v) is 3.16. The van der Waals surface area contributed by atoms with E-state index in [0.29, 0.717) is 12.0 Å². The summed E-state index contributed by atoms with van der Waals surface area (Å²) in [5, 5.41) is 3.43. The van der Waals surface area contributed by atoms with Gasteiger partial charge in [0.25, 0.3) is 0 Å². The van der Waals surface area contributed by atoms with E-state index in [-0.39, 0.29) is 5.82 Å². The fraction of sp³-hybridized carbons (Fsp3) is 0.625. The van der Waals surface area contributed by atoms with Crippen LogP contribution in [0.3, 0.4) is 0 Å². The zero-order valence-corrected chi connectivity index (χ0v) is 12.3. The van der Waals surface area contributed by atoms with Crippen molar-refractivity contribution in [2.24, 2.45) is 5.92 Å². The Morgan fingerprint density at radius 3 is 2.63 bits per heavy atom. The molecule has 0 bridgehead atoms. The minimum Gasteiger partial charge on any atom is -0.382 e. The van der Waals surface area contributed by atoms with E-state index in [2.05, 4.69) is 19.2 Å². The quantitative estimate of drug-likeness (QED) is 0.692. The first-order valence-electron chi connectivity index (χ1n) is 7.18. The van der Waals surface area contributed by atoms with Gasteiger partial charge < -0.3 is 10.1 Å². The maximum atomic E-state index is 13.7. The molecule has 1 aromatic rings. The van der Waals surface area contributed by atoms with Crippen LogP contribution in [0.2, 0.25) is 0 Å². The van der Waals surface area contributed by atoms with Crippen LogP contribution in [0.1, 0.15) is 32.8 Å². The van der Waals surface area contributed by atoms with E-state index < -0.39 is 0 Å². The van der Waals surface area contributed by atoms with Crippen LogP contribution >= 0.6 is 0 Å². The molecule has 0 heterocycles. The van der Waals surface area contributed by atoms with Gasteiger partial charge in [0.15, 0.2) is 0 Å². The lowest BCUT2D eigenvalue weighted by Crippen LogP contribution is -2.30. The maximum absolute atomic E-state index is 13.7. The SMILES string of the molecule is CCOCCC(CNC(C)C)Cc1ccccc1F. The standard InChI is InChI=1S/C16H26FNO/c1-4-19-10-9-14(12-18-13(2)3)11-15-7-5-6-8-16(15)17/h5-8,13-14,18H,4,9-12H2,1-3H3. The number of halogens is 1. The number of ether oxygens (including phenoxy) is 1. The van der Waals surface area contributed by atoms with Gasteiger partial charge in [0, 0.05) is 19.3 Å². The van der Waals surface area contributed by atoms with Crippen molar-refractivity contribution in [2.45, 2.75) is 39.7 Å². The molecule has 1 unspecified atom stereocenters. The Hall–Kier alpha value is -0.930. The van der Waals surface area contributed by atoms with Gasteiger partial charge in [-0.05, 0) is 43.9 Å². The van der Waals surface area contributed by atoms with E-state index in [1.807, 2.05) is 19.1 Å². The Bertz CT molecular complexity index is 354. The van der Waals surface area contributed by atoms with Crippen LogP contribution < -0.4 is 5.32 Å². The summed E-state index contributed by atoms with van der Waals surface area (Å²) in [6, 6.07) is 7.49. The smallest absolute Gasteiger partial charge is 0.126 e. The van der Waals surface area contributed by atoms with Crippen molar-refractivity contribution in [3.05, 3.63) is 35.6 Å². The van der Waals surface area contributed by atoms with E-state index in [1.165, 1.54) is 6.07 Å². The highest BCUT2D eigenvalue weighted by molar-refractivity contribution is 5.17. The van der Waals surface area contributed by atoms with E-state index in [1.54, 1.807) is 6.07 Å². The molecule has 1 rings (SSSR count). The molecule has 0 spiro atoms. The van der Waals surface area contributed by atoms with Crippen molar-refractivity contribution >= 4 is 0 Å². The van der Waals surface area contributed by atoms with Crippen LogP contribution in [0.15, 0.2) is 24.3 Å². The molecule has 0 saturated carbocycles. The molecule has 1 N–H and O–H groups in total. The number of benzene rings is 1. The Morgan fingerprint density at radius 1 is 1.26 bits per heavy atom. The van der Waals surface area contributed by atoms with Gasteiger partial charge >= 0.3 is 0 Å². The summed E-state index contributed by atoms with van der Waals surface area (Å²) >= 11 is 0. The summed E-state index contributed by atoms with van der Waals surface area (Å²) in [6.45, 7) is 8.64. The second-order valence-electron chi connectivity index (χ2n) is 5.21. The van der Waals surface area contributed by atoms with E-state index in [0.717, 1.165) is 38.2 Å². The van der Waals surface area contributed by atoms with Crippen LogP contribution in [0.5, 0.6) is 0 Å². The Kier molecular flexibility index (Phi) is 7.68. The van der Waals surface area contributed by atoms with Crippen LogP contribution in [0.25, 0.3) is 0 Å². The maximum Gasteiger partial charge on any atom is 0.126 e. The van der Waals surface area contributed by atoms with Gasteiger partial charge in [0.2, 0.25) is 0 Å². The van der Waals surface area contributed by atoms with Crippen LogP contribution in [-0.4, -0.2) is 25.8 Å². The lowest BCUT2D eigenvalue weighted by molar-refractivity contribution is 0.131. The highest BCUT2D eigenvalue weighted by Crippen LogP contribution is 2.15. The Balaban J connectivity index is 2.54. The van der Waals surface area contributed by atoms with Crippen molar-refractivity contribution in [3.63, 3.8) is 0 Å². The summed E-state index contributed by atoms with van der Waals surface area (Å²) in [5.41, 5.74) is 0.801. The molecule has 2 nitrogen and oxygen atoms in total. The molecule has 0 saturated heterocycles. The second-order valence-corrected chi connectivity index (χ2v) is 5.21. The summed E-state index contributed by atoms with van der Waals surface area (Å²) in [5.74, 6) is 0.305. The fourth-order valence-corrected chi connectivity index (χ4v) is 2.05. The van der Waals surface area contributed by atoms with Crippen molar-refractivity contribution < 1.29 is 9.13 Å².